The highest BCUT2D eigenvalue weighted by Crippen LogP contribution is 2.36. The van der Waals surface area contributed by atoms with Crippen LogP contribution in [0.3, 0.4) is 0 Å². The molecule has 9 heteroatoms. The molecule has 33 heavy (non-hydrogen) atoms. The minimum atomic E-state index is -0.439. The summed E-state index contributed by atoms with van der Waals surface area (Å²) >= 11 is 1.27. The molecule has 1 fully saturated rings. The van der Waals surface area contributed by atoms with E-state index in [1.165, 1.54) is 23.9 Å². The van der Waals surface area contributed by atoms with Crippen molar-refractivity contribution in [2.45, 2.75) is 13.8 Å². The average Bonchev–Trinajstić information content (AvgIpc) is 3.39. The Bertz CT molecular complexity index is 1280. The molecule has 0 N–H and O–H groups in total. The fourth-order valence-electron chi connectivity index (χ4n) is 3.33. The van der Waals surface area contributed by atoms with Gasteiger partial charge in [-0.2, -0.15) is 0 Å². The summed E-state index contributed by atoms with van der Waals surface area (Å²) in [7, 11) is 1.60. The van der Waals surface area contributed by atoms with Crippen LogP contribution < -0.4 is 4.74 Å². The lowest BCUT2D eigenvalue weighted by molar-refractivity contribution is -0.384. The van der Waals surface area contributed by atoms with Crippen molar-refractivity contribution in [2.24, 2.45) is 4.99 Å². The Balaban J connectivity index is 1.61. The maximum atomic E-state index is 12.9. The molecule has 2 heterocycles. The van der Waals surface area contributed by atoms with Gasteiger partial charge in [0.1, 0.15) is 17.3 Å². The van der Waals surface area contributed by atoms with E-state index in [2.05, 4.69) is 4.99 Å². The van der Waals surface area contributed by atoms with Crippen molar-refractivity contribution in [3.8, 4) is 17.1 Å². The van der Waals surface area contributed by atoms with Crippen molar-refractivity contribution in [2.75, 3.05) is 13.7 Å². The maximum absolute atomic E-state index is 12.9. The van der Waals surface area contributed by atoms with Crippen LogP contribution in [-0.4, -0.2) is 34.6 Å². The second-order valence-corrected chi connectivity index (χ2v) is 8.22. The first-order valence-electron chi connectivity index (χ1n) is 10.2. The predicted molar refractivity (Wildman–Crippen MR) is 129 cm³/mol. The fourth-order valence-corrected chi connectivity index (χ4v) is 4.37. The number of thioether (sulfide) groups is 1. The van der Waals surface area contributed by atoms with Gasteiger partial charge in [-0.15, -0.1) is 0 Å². The van der Waals surface area contributed by atoms with Gasteiger partial charge < -0.3 is 9.15 Å². The molecule has 2 aromatic carbocycles. The van der Waals surface area contributed by atoms with E-state index in [4.69, 9.17) is 9.15 Å². The summed E-state index contributed by atoms with van der Waals surface area (Å²) in [6, 6.07) is 15.4. The zero-order chi connectivity index (χ0) is 23.5. The third-order valence-corrected chi connectivity index (χ3v) is 6.11. The van der Waals surface area contributed by atoms with Crippen LogP contribution in [0.2, 0.25) is 0 Å². The number of likely N-dealkylation sites (N-methyl/N-ethyl adjacent to an activating group) is 1. The molecule has 4 rings (SSSR count). The number of carbonyl (C=O) groups is 1. The zero-order valence-corrected chi connectivity index (χ0v) is 19.1. The Labute approximate surface area is 194 Å². The van der Waals surface area contributed by atoms with Gasteiger partial charge in [0.2, 0.25) is 0 Å². The molecule has 0 aliphatic carbocycles. The van der Waals surface area contributed by atoms with Crippen LogP contribution in [0, 0.1) is 17.0 Å². The molecule has 1 aliphatic rings. The predicted octanol–water partition coefficient (Wildman–Crippen LogP) is 5.80. The molecule has 8 nitrogen and oxygen atoms in total. The molecule has 1 amide bonds. The van der Waals surface area contributed by atoms with E-state index in [0.29, 0.717) is 39.4 Å². The smallest absolute Gasteiger partial charge is 0.270 e. The third-order valence-electron chi connectivity index (χ3n) is 5.10. The molecule has 0 atom stereocenters. The van der Waals surface area contributed by atoms with Gasteiger partial charge in [0, 0.05) is 30.3 Å². The second-order valence-electron chi connectivity index (χ2n) is 7.21. The Morgan fingerprint density at radius 2 is 1.94 bits per heavy atom. The molecular weight excluding hydrogens is 442 g/mol. The van der Waals surface area contributed by atoms with Crippen molar-refractivity contribution < 1.29 is 18.9 Å². The normalized spacial score (nSPS) is 16.1. The number of aryl methyl sites for hydroxylation is 1. The van der Waals surface area contributed by atoms with Gasteiger partial charge in [-0.1, -0.05) is 6.07 Å². The van der Waals surface area contributed by atoms with Crippen LogP contribution in [0.4, 0.5) is 11.4 Å². The number of amidine groups is 1. The molecule has 0 saturated carbocycles. The SMILES string of the molecule is CCN1C(=O)/C(=C\c2ccc(-c3cc([N+](=O)[O-])ccc3C)o2)SC1=Nc1ccc(OC)cc1. The lowest BCUT2D eigenvalue weighted by atomic mass is 10.1. The average molecular weight is 464 g/mol. The summed E-state index contributed by atoms with van der Waals surface area (Å²) in [5, 5.41) is 11.7. The number of hydrogen-bond donors (Lipinski definition) is 0. The molecule has 0 spiro atoms. The molecule has 0 unspecified atom stereocenters. The molecule has 1 saturated heterocycles. The van der Waals surface area contributed by atoms with Gasteiger partial charge in [0.25, 0.3) is 11.6 Å². The number of rotatable bonds is 6. The molecule has 168 valence electrons. The highest BCUT2D eigenvalue weighted by atomic mass is 32.2. The lowest BCUT2D eigenvalue weighted by Gasteiger charge is -2.12. The molecule has 1 aliphatic heterocycles. The first-order chi connectivity index (χ1) is 15.9. The Kier molecular flexibility index (Phi) is 6.32. The number of hydrogen-bond acceptors (Lipinski definition) is 7. The number of benzene rings is 2. The molecular formula is C24H21N3O5S. The first kappa shape index (κ1) is 22.3. The number of aliphatic imine (C=N–C) groups is 1. The highest BCUT2D eigenvalue weighted by Gasteiger charge is 2.32. The highest BCUT2D eigenvalue weighted by molar-refractivity contribution is 8.18. The number of carbonyl (C=O) groups excluding carboxylic acids is 1. The van der Waals surface area contributed by atoms with E-state index in [-0.39, 0.29) is 11.6 Å². The van der Waals surface area contributed by atoms with Gasteiger partial charge in [-0.25, -0.2) is 4.99 Å². The maximum Gasteiger partial charge on any atom is 0.270 e. The van der Waals surface area contributed by atoms with Crippen molar-refractivity contribution >= 4 is 40.3 Å². The van der Waals surface area contributed by atoms with E-state index in [1.54, 1.807) is 36.3 Å². The van der Waals surface area contributed by atoms with Crippen molar-refractivity contribution in [3.05, 3.63) is 80.9 Å². The van der Waals surface area contributed by atoms with Crippen LogP contribution in [0.1, 0.15) is 18.2 Å². The quantitative estimate of drug-likeness (QED) is 0.260. The van der Waals surface area contributed by atoms with E-state index in [1.807, 2.05) is 38.1 Å². The molecule has 0 bridgehead atoms. The monoisotopic (exact) mass is 463 g/mol. The number of furan rings is 1. The van der Waals surface area contributed by atoms with E-state index >= 15 is 0 Å². The number of nitro benzene ring substituents is 1. The number of nitro groups is 1. The summed E-state index contributed by atoms with van der Waals surface area (Å²) in [5.41, 5.74) is 2.20. The third kappa shape index (κ3) is 4.68. The number of non-ortho nitro benzene ring substituents is 1. The van der Waals surface area contributed by atoms with Crippen molar-refractivity contribution in [1.82, 2.24) is 4.90 Å². The zero-order valence-electron chi connectivity index (χ0n) is 18.3. The topological polar surface area (TPSA) is 98.2 Å². The van der Waals surface area contributed by atoms with Gasteiger partial charge in [-0.05, 0) is 67.6 Å². The van der Waals surface area contributed by atoms with Crippen molar-refractivity contribution in [1.29, 1.82) is 0 Å². The molecule has 0 radical (unpaired) electrons. The van der Waals surface area contributed by atoms with E-state index in [9.17, 15) is 14.9 Å². The van der Waals surface area contributed by atoms with Gasteiger partial charge in [0.05, 0.1) is 22.6 Å². The van der Waals surface area contributed by atoms with Crippen LogP contribution >= 0.6 is 11.8 Å². The van der Waals surface area contributed by atoms with Crippen LogP contribution in [0.25, 0.3) is 17.4 Å². The largest absolute Gasteiger partial charge is 0.497 e. The molecule has 1 aromatic heterocycles. The molecule has 3 aromatic rings. The number of amides is 1. The summed E-state index contributed by atoms with van der Waals surface area (Å²) in [4.78, 5) is 30.3. The van der Waals surface area contributed by atoms with E-state index < -0.39 is 4.92 Å². The number of nitrogens with zero attached hydrogens (tertiary/aromatic N) is 3. The Morgan fingerprint density at radius 3 is 2.61 bits per heavy atom. The Hall–Kier alpha value is -3.85. The van der Waals surface area contributed by atoms with Crippen molar-refractivity contribution in [3.63, 3.8) is 0 Å². The van der Waals surface area contributed by atoms with E-state index in [0.717, 1.165) is 11.3 Å². The number of methoxy groups -OCH3 is 1. The van der Waals surface area contributed by atoms with Gasteiger partial charge >= 0.3 is 0 Å². The summed E-state index contributed by atoms with van der Waals surface area (Å²) < 4.78 is 11.1. The minimum Gasteiger partial charge on any atom is -0.497 e. The minimum absolute atomic E-state index is 0.00796. The summed E-state index contributed by atoms with van der Waals surface area (Å²) in [6.45, 7) is 4.23. The van der Waals surface area contributed by atoms with Crippen LogP contribution in [0.15, 0.2) is 68.9 Å². The van der Waals surface area contributed by atoms with Crippen LogP contribution in [-0.2, 0) is 4.79 Å². The standard InChI is InChI=1S/C24H21N3O5S/c1-4-26-23(28)22(33-24(26)25-16-6-9-18(31-3)10-7-16)14-19-11-12-21(32-19)20-13-17(27(29)30)8-5-15(20)2/h5-14H,4H2,1-3H3/b22-14+,25-24?. The van der Waals surface area contributed by atoms with Gasteiger partial charge in [-0.3, -0.25) is 19.8 Å². The number of ether oxygens (including phenoxy) is 1. The first-order valence-corrected chi connectivity index (χ1v) is 11.0. The van der Waals surface area contributed by atoms with Crippen LogP contribution in [0.5, 0.6) is 5.75 Å². The van der Waals surface area contributed by atoms with Gasteiger partial charge in [0.15, 0.2) is 5.17 Å². The second kappa shape index (κ2) is 9.33. The summed E-state index contributed by atoms with van der Waals surface area (Å²) in [6.07, 6.45) is 1.67. The lowest BCUT2D eigenvalue weighted by Crippen LogP contribution is -2.28. The Morgan fingerprint density at radius 1 is 1.18 bits per heavy atom. The summed E-state index contributed by atoms with van der Waals surface area (Å²) in [5.74, 6) is 1.56. The fraction of sp³-hybridized carbons (Fsp3) is 0.167.